The van der Waals surface area contributed by atoms with Crippen LogP contribution in [0.3, 0.4) is 0 Å². The average Bonchev–Trinajstić information content (AvgIpc) is 2.83. The van der Waals surface area contributed by atoms with Crippen LogP contribution in [0.1, 0.15) is 19.4 Å². The summed E-state index contributed by atoms with van der Waals surface area (Å²) in [4.78, 5) is 11.3. The molecule has 1 heterocycles. The quantitative estimate of drug-likeness (QED) is 0.504. The smallest absolute Gasteiger partial charge is 0.354 e. The maximum atomic E-state index is 11.3. The summed E-state index contributed by atoms with van der Waals surface area (Å²) in [5, 5.41) is 11.9. The SMILES string of the molecule is CCOC(=O)/C(C)=N\Nc1ccc2c(c1)CN=N2. The third-order valence-electron chi connectivity index (χ3n) is 2.42. The van der Waals surface area contributed by atoms with Crippen LogP contribution >= 0.6 is 0 Å². The van der Waals surface area contributed by atoms with Gasteiger partial charge in [0.25, 0.3) is 0 Å². The molecule has 0 spiro atoms. The van der Waals surface area contributed by atoms with Crippen LogP contribution in [0.25, 0.3) is 0 Å². The van der Waals surface area contributed by atoms with E-state index in [0.717, 1.165) is 16.9 Å². The lowest BCUT2D eigenvalue weighted by Gasteiger charge is -2.04. The van der Waals surface area contributed by atoms with Gasteiger partial charge in [0.05, 0.1) is 24.5 Å². The highest BCUT2D eigenvalue weighted by Crippen LogP contribution is 2.28. The summed E-state index contributed by atoms with van der Waals surface area (Å²) in [6, 6.07) is 5.62. The highest BCUT2D eigenvalue weighted by Gasteiger charge is 2.09. The van der Waals surface area contributed by atoms with Crippen molar-refractivity contribution in [2.45, 2.75) is 20.4 Å². The van der Waals surface area contributed by atoms with E-state index in [1.807, 2.05) is 18.2 Å². The number of esters is 1. The number of benzene rings is 1. The zero-order chi connectivity index (χ0) is 13.0. The fourth-order valence-corrected chi connectivity index (χ4v) is 1.50. The highest BCUT2D eigenvalue weighted by molar-refractivity contribution is 6.35. The molecule has 0 aromatic heterocycles. The van der Waals surface area contributed by atoms with Crippen molar-refractivity contribution >= 4 is 23.1 Å². The normalized spacial score (nSPS) is 13.3. The summed E-state index contributed by atoms with van der Waals surface area (Å²) in [7, 11) is 0. The Kier molecular flexibility index (Phi) is 3.66. The Bertz CT molecular complexity index is 523. The molecule has 2 rings (SSSR count). The van der Waals surface area contributed by atoms with Crippen LogP contribution in [0.2, 0.25) is 0 Å². The number of fused-ring (bicyclic) bond motifs is 1. The predicted octanol–water partition coefficient (Wildman–Crippen LogP) is 2.63. The van der Waals surface area contributed by atoms with Crippen LogP contribution in [0.5, 0.6) is 0 Å². The summed E-state index contributed by atoms with van der Waals surface area (Å²) in [6.45, 7) is 4.29. The maximum Gasteiger partial charge on any atom is 0.354 e. The van der Waals surface area contributed by atoms with Crippen LogP contribution in [0.15, 0.2) is 33.5 Å². The first-order chi connectivity index (χ1) is 8.70. The number of carbonyl (C=O) groups is 1. The number of hydrogen-bond donors (Lipinski definition) is 1. The lowest BCUT2D eigenvalue weighted by molar-refractivity contribution is -0.135. The third kappa shape index (κ3) is 2.71. The molecule has 94 valence electrons. The van der Waals surface area contributed by atoms with Gasteiger partial charge in [-0.05, 0) is 32.0 Å². The first-order valence-electron chi connectivity index (χ1n) is 5.68. The first-order valence-corrected chi connectivity index (χ1v) is 5.68. The molecule has 0 unspecified atom stereocenters. The van der Waals surface area contributed by atoms with Gasteiger partial charge in [0.15, 0.2) is 0 Å². The van der Waals surface area contributed by atoms with E-state index >= 15 is 0 Å². The van der Waals surface area contributed by atoms with Gasteiger partial charge >= 0.3 is 5.97 Å². The predicted molar refractivity (Wildman–Crippen MR) is 68.0 cm³/mol. The minimum Gasteiger partial charge on any atom is -0.461 e. The van der Waals surface area contributed by atoms with Gasteiger partial charge < -0.3 is 4.74 Å². The van der Waals surface area contributed by atoms with Gasteiger partial charge in [-0.15, -0.1) is 0 Å². The van der Waals surface area contributed by atoms with Crippen molar-refractivity contribution in [1.29, 1.82) is 0 Å². The second-order valence-corrected chi connectivity index (χ2v) is 3.77. The molecule has 0 bridgehead atoms. The van der Waals surface area contributed by atoms with E-state index in [1.165, 1.54) is 0 Å². The molecule has 0 aliphatic carbocycles. The minimum atomic E-state index is -0.420. The van der Waals surface area contributed by atoms with Gasteiger partial charge in [0.1, 0.15) is 5.71 Å². The van der Waals surface area contributed by atoms with E-state index in [0.29, 0.717) is 13.2 Å². The van der Waals surface area contributed by atoms with Gasteiger partial charge in [-0.3, -0.25) is 5.43 Å². The molecular formula is C12H14N4O2. The molecule has 0 radical (unpaired) electrons. The molecule has 1 N–H and O–H groups in total. The van der Waals surface area contributed by atoms with Crippen molar-refractivity contribution < 1.29 is 9.53 Å². The number of rotatable bonds is 4. The van der Waals surface area contributed by atoms with Crippen molar-refractivity contribution in [3.8, 4) is 0 Å². The summed E-state index contributed by atoms with van der Waals surface area (Å²) < 4.78 is 4.83. The number of anilines is 1. The highest BCUT2D eigenvalue weighted by atomic mass is 16.5. The van der Waals surface area contributed by atoms with Crippen molar-refractivity contribution in [2.75, 3.05) is 12.0 Å². The van der Waals surface area contributed by atoms with Gasteiger partial charge in [-0.1, -0.05) is 0 Å². The summed E-state index contributed by atoms with van der Waals surface area (Å²) in [5.41, 5.74) is 5.82. The molecule has 1 aliphatic rings. The second-order valence-electron chi connectivity index (χ2n) is 3.77. The molecule has 0 atom stereocenters. The van der Waals surface area contributed by atoms with Crippen LogP contribution in [0.4, 0.5) is 11.4 Å². The molecule has 1 aliphatic heterocycles. The molecule has 0 amide bonds. The molecule has 0 fully saturated rings. The fraction of sp³-hybridized carbons (Fsp3) is 0.333. The van der Waals surface area contributed by atoms with Crippen LogP contribution in [0, 0.1) is 0 Å². The molecule has 6 nitrogen and oxygen atoms in total. The summed E-state index contributed by atoms with van der Waals surface area (Å²) in [6.07, 6.45) is 0. The Labute approximate surface area is 105 Å². The Morgan fingerprint density at radius 2 is 2.39 bits per heavy atom. The Morgan fingerprint density at radius 1 is 1.56 bits per heavy atom. The molecule has 1 aromatic carbocycles. The lowest BCUT2D eigenvalue weighted by atomic mass is 10.2. The van der Waals surface area contributed by atoms with Crippen molar-refractivity contribution in [1.82, 2.24) is 0 Å². The van der Waals surface area contributed by atoms with Crippen LogP contribution < -0.4 is 5.43 Å². The Balaban J connectivity index is 2.02. The van der Waals surface area contributed by atoms with Gasteiger partial charge in [-0.2, -0.15) is 15.3 Å². The number of azo groups is 1. The van der Waals surface area contributed by atoms with E-state index in [1.54, 1.807) is 13.8 Å². The zero-order valence-electron chi connectivity index (χ0n) is 10.3. The standard InChI is InChI=1S/C12H14N4O2/c1-3-18-12(17)8(2)14-15-10-4-5-11-9(6-10)7-13-16-11/h4-6,15H,3,7H2,1-2H3/b14-8-. The zero-order valence-corrected chi connectivity index (χ0v) is 10.3. The van der Waals surface area contributed by atoms with E-state index in [2.05, 4.69) is 20.8 Å². The lowest BCUT2D eigenvalue weighted by Crippen LogP contribution is -2.15. The minimum absolute atomic E-state index is 0.284. The first kappa shape index (κ1) is 12.2. The van der Waals surface area contributed by atoms with E-state index < -0.39 is 5.97 Å². The van der Waals surface area contributed by atoms with Crippen LogP contribution in [-0.2, 0) is 16.1 Å². The number of ether oxygens (including phenoxy) is 1. The largest absolute Gasteiger partial charge is 0.461 e. The topological polar surface area (TPSA) is 75.4 Å². The van der Waals surface area contributed by atoms with Crippen molar-refractivity contribution in [2.24, 2.45) is 15.3 Å². The molecule has 1 aromatic rings. The number of nitrogens with zero attached hydrogens (tertiary/aromatic N) is 3. The Morgan fingerprint density at radius 3 is 3.17 bits per heavy atom. The summed E-state index contributed by atoms with van der Waals surface area (Å²) in [5.74, 6) is -0.420. The number of hydrazone groups is 1. The molecular weight excluding hydrogens is 232 g/mol. The van der Waals surface area contributed by atoms with Gasteiger partial charge in [-0.25, -0.2) is 4.79 Å². The molecule has 0 saturated heterocycles. The Hall–Kier alpha value is -2.24. The van der Waals surface area contributed by atoms with Gasteiger partial charge in [0.2, 0.25) is 0 Å². The average molecular weight is 246 g/mol. The van der Waals surface area contributed by atoms with E-state index in [-0.39, 0.29) is 5.71 Å². The van der Waals surface area contributed by atoms with Crippen molar-refractivity contribution in [3.05, 3.63) is 23.8 Å². The number of nitrogens with one attached hydrogen (secondary N) is 1. The second kappa shape index (κ2) is 5.39. The molecule has 0 saturated carbocycles. The molecule has 18 heavy (non-hydrogen) atoms. The van der Waals surface area contributed by atoms with E-state index in [9.17, 15) is 4.79 Å². The van der Waals surface area contributed by atoms with Gasteiger partial charge in [0, 0.05) is 5.56 Å². The van der Waals surface area contributed by atoms with E-state index in [4.69, 9.17) is 4.74 Å². The fourth-order valence-electron chi connectivity index (χ4n) is 1.50. The summed E-state index contributed by atoms with van der Waals surface area (Å²) >= 11 is 0. The number of carbonyl (C=O) groups excluding carboxylic acids is 1. The maximum absolute atomic E-state index is 11.3. The third-order valence-corrected chi connectivity index (χ3v) is 2.42. The molecule has 6 heteroatoms. The number of hydrogen-bond acceptors (Lipinski definition) is 6. The van der Waals surface area contributed by atoms with Crippen LogP contribution in [-0.4, -0.2) is 18.3 Å². The monoisotopic (exact) mass is 246 g/mol. The van der Waals surface area contributed by atoms with Crippen molar-refractivity contribution in [3.63, 3.8) is 0 Å².